The summed E-state index contributed by atoms with van der Waals surface area (Å²) in [6.07, 6.45) is 6.28. The summed E-state index contributed by atoms with van der Waals surface area (Å²) in [5, 5.41) is 3.99. The van der Waals surface area contributed by atoms with E-state index in [0.717, 1.165) is 32.0 Å². The molecule has 1 spiro atoms. The quantitative estimate of drug-likeness (QED) is 0.260. The molecule has 2 saturated heterocycles. The van der Waals surface area contributed by atoms with Crippen LogP contribution in [0.15, 0.2) is 41.3 Å². The van der Waals surface area contributed by atoms with Crippen molar-refractivity contribution >= 4 is 12.2 Å². The van der Waals surface area contributed by atoms with Crippen LogP contribution < -0.4 is 5.43 Å². The highest BCUT2D eigenvalue weighted by molar-refractivity contribution is 6.09. The Morgan fingerprint density at radius 1 is 1.48 bits per heavy atom. The van der Waals surface area contributed by atoms with Gasteiger partial charge < -0.3 is 14.4 Å². The van der Waals surface area contributed by atoms with Crippen LogP contribution in [0.5, 0.6) is 0 Å². The number of nitrogens with zero attached hydrogens (tertiary/aromatic N) is 2. The van der Waals surface area contributed by atoms with Gasteiger partial charge in [-0.15, -0.1) is 0 Å². The molecule has 6 nitrogen and oxygen atoms in total. The number of rotatable bonds is 6. The van der Waals surface area contributed by atoms with Crippen molar-refractivity contribution in [3.05, 3.63) is 36.2 Å². The van der Waals surface area contributed by atoms with Crippen molar-refractivity contribution in [1.82, 2.24) is 10.3 Å². The largest absolute Gasteiger partial charge is 0.465 e. The maximum atomic E-state index is 11.4. The third kappa shape index (κ3) is 3.52. The van der Waals surface area contributed by atoms with Gasteiger partial charge in [0.25, 0.3) is 0 Å². The zero-order valence-corrected chi connectivity index (χ0v) is 12.5. The maximum Gasteiger partial charge on any atom is 0.339 e. The number of hydrazone groups is 1. The van der Waals surface area contributed by atoms with Crippen molar-refractivity contribution in [3.8, 4) is 0 Å². The van der Waals surface area contributed by atoms with Crippen LogP contribution in [0.25, 0.3) is 0 Å². The number of likely N-dealkylation sites (tertiary alicyclic amines) is 1. The SMILES string of the molecule is C=C/C=C(/C=N\N/C=C(\C)N1CC2(COC2)C1)C(=O)OC. The number of esters is 1. The van der Waals surface area contributed by atoms with Gasteiger partial charge in [0.05, 0.1) is 37.5 Å². The highest BCUT2D eigenvalue weighted by Gasteiger charge is 2.48. The molecule has 0 bridgehead atoms. The van der Waals surface area contributed by atoms with E-state index in [-0.39, 0.29) is 0 Å². The summed E-state index contributed by atoms with van der Waals surface area (Å²) < 4.78 is 9.89. The topological polar surface area (TPSA) is 63.2 Å². The summed E-state index contributed by atoms with van der Waals surface area (Å²) >= 11 is 0. The van der Waals surface area contributed by atoms with Gasteiger partial charge >= 0.3 is 5.97 Å². The molecule has 0 amide bonds. The number of carbonyl (C=O) groups excluding carboxylic acids is 1. The molecule has 0 aromatic heterocycles. The lowest BCUT2D eigenvalue weighted by molar-refractivity contribution is -0.180. The number of allylic oxidation sites excluding steroid dienone is 3. The summed E-state index contributed by atoms with van der Waals surface area (Å²) in [6, 6.07) is 0. The summed E-state index contributed by atoms with van der Waals surface area (Å²) in [7, 11) is 1.33. The van der Waals surface area contributed by atoms with Crippen molar-refractivity contribution in [3.63, 3.8) is 0 Å². The van der Waals surface area contributed by atoms with Crippen LogP contribution in [-0.2, 0) is 14.3 Å². The molecule has 2 fully saturated rings. The van der Waals surface area contributed by atoms with Gasteiger partial charge in [0.2, 0.25) is 0 Å². The van der Waals surface area contributed by atoms with Gasteiger partial charge in [-0.2, -0.15) is 5.10 Å². The second-order valence-electron chi connectivity index (χ2n) is 5.37. The fourth-order valence-electron chi connectivity index (χ4n) is 2.32. The predicted octanol–water partition coefficient (Wildman–Crippen LogP) is 1.04. The van der Waals surface area contributed by atoms with Crippen LogP contribution >= 0.6 is 0 Å². The summed E-state index contributed by atoms with van der Waals surface area (Å²) in [4.78, 5) is 13.7. The maximum absolute atomic E-state index is 11.4. The molecule has 2 rings (SSSR count). The van der Waals surface area contributed by atoms with Crippen molar-refractivity contribution in [1.29, 1.82) is 0 Å². The first kappa shape index (κ1) is 15.3. The fraction of sp³-hybridized carbons (Fsp3) is 0.467. The van der Waals surface area contributed by atoms with E-state index in [2.05, 4.69) is 26.7 Å². The minimum atomic E-state index is -0.448. The molecule has 2 aliphatic rings. The average Bonchev–Trinajstić information content (AvgIpc) is 2.38. The smallest absolute Gasteiger partial charge is 0.339 e. The van der Waals surface area contributed by atoms with Crippen LogP contribution in [0.3, 0.4) is 0 Å². The van der Waals surface area contributed by atoms with Gasteiger partial charge in [0.1, 0.15) is 0 Å². The molecule has 21 heavy (non-hydrogen) atoms. The molecule has 2 aliphatic heterocycles. The Morgan fingerprint density at radius 3 is 2.71 bits per heavy atom. The molecule has 0 radical (unpaired) electrons. The van der Waals surface area contributed by atoms with E-state index in [1.807, 2.05) is 13.1 Å². The Kier molecular flexibility index (Phi) is 4.80. The van der Waals surface area contributed by atoms with Crippen molar-refractivity contribution < 1.29 is 14.3 Å². The highest BCUT2D eigenvalue weighted by Crippen LogP contribution is 2.39. The number of hydrogen-bond donors (Lipinski definition) is 1. The standard InChI is InChI=1S/C15H21N3O3/c1-4-5-13(14(19)20-3)7-17-16-6-12(2)18-8-15(9-18)10-21-11-15/h4-7,16H,1,8-11H2,2-3H3/b12-6+,13-5-,17-7-. The minimum Gasteiger partial charge on any atom is -0.465 e. The summed E-state index contributed by atoms with van der Waals surface area (Å²) in [5.41, 5.74) is 4.65. The molecule has 0 unspecified atom stereocenters. The lowest BCUT2D eigenvalue weighted by atomic mass is 9.78. The molecule has 0 atom stereocenters. The van der Waals surface area contributed by atoms with E-state index in [4.69, 9.17) is 4.74 Å². The van der Waals surface area contributed by atoms with E-state index in [1.165, 1.54) is 19.4 Å². The Labute approximate surface area is 124 Å². The fourth-order valence-corrected chi connectivity index (χ4v) is 2.32. The van der Waals surface area contributed by atoms with Crippen molar-refractivity contribution in [2.45, 2.75) is 6.92 Å². The Hall–Kier alpha value is -2.08. The van der Waals surface area contributed by atoms with E-state index in [0.29, 0.717) is 11.0 Å². The number of methoxy groups -OCH3 is 1. The molecule has 0 aromatic rings. The molecule has 114 valence electrons. The average molecular weight is 291 g/mol. The minimum absolute atomic E-state index is 0.334. The first-order chi connectivity index (χ1) is 10.1. The van der Waals surface area contributed by atoms with Crippen LogP contribution in [0.2, 0.25) is 0 Å². The monoisotopic (exact) mass is 291 g/mol. The third-order valence-corrected chi connectivity index (χ3v) is 3.64. The van der Waals surface area contributed by atoms with E-state index in [9.17, 15) is 4.79 Å². The van der Waals surface area contributed by atoms with Gasteiger partial charge in [-0.05, 0) is 13.0 Å². The summed E-state index contributed by atoms with van der Waals surface area (Å²) in [6.45, 7) is 9.38. The first-order valence-corrected chi connectivity index (χ1v) is 6.79. The first-order valence-electron chi connectivity index (χ1n) is 6.79. The Balaban J connectivity index is 1.80. The van der Waals surface area contributed by atoms with Gasteiger partial charge in [0.15, 0.2) is 0 Å². The number of hydrogen-bond acceptors (Lipinski definition) is 6. The zero-order chi connectivity index (χ0) is 15.3. The molecular formula is C15H21N3O3. The van der Waals surface area contributed by atoms with Crippen LogP contribution in [0.4, 0.5) is 0 Å². The number of nitrogens with one attached hydrogen (secondary N) is 1. The Bertz CT molecular complexity index is 496. The van der Waals surface area contributed by atoms with Gasteiger partial charge in [-0.25, -0.2) is 4.79 Å². The molecule has 6 heteroatoms. The lowest BCUT2D eigenvalue weighted by Gasteiger charge is -2.56. The van der Waals surface area contributed by atoms with Gasteiger partial charge in [-0.3, -0.25) is 5.43 Å². The van der Waals surface area contributed by atoms with Crippen molar-refractivity contribution in [2.75, 3.05) is 33.4 Å². The number of carbonyl (C=O) groups is 1. The predicted molar refractivity (Wildman–Crippen MR) is 80.5 cm³/mol. The molecule has 1 N–H and O–H groups in total. The molecule has 0 aliphatic carbocycles. The van der Waals surface area contributed by atoms with Crippen LogP contribution in [0.1, 0.15) is 6.92 Å². The molecule has 0 aromatic carbocycles. The number of ether oxygens (including phenoxy) is 2. The highest BCUT2D eigenvalue weighted by atomic mass is 16.5. The molecule has 2 heterocycles. The third-order valence-electron chi connectivity index (χ3n) is 3.64. The van der Waals surface area contributed by atoms with Gasteiger partial charge in [-0.1, -0.05) is 12.7 Å². The summed E-state index contributed by atoms with van der Waals surface area (Å²) in [5.74, 6) is -0.448. The van der Waals surface area contributed by atoms with E-state index >= 15 is 0 Å². The molecule has 0 saturated carbocycles. The molecular weight excluding hydrogens is 270 g/mol. The van der Waals surface area contributed by atoms with E-state index in [1.54, 1.807) is 6.08 Å². The lowest BCUT2D eigenvalue weighted by Crippen LogP contribution is -2.65. The van der Waals surface area contributed by atoms with Crippen LogP contribution in [0, 0.1) is 5.41 Å². The second-order valence-corrected chi connectivity index (χ2v) is 5.37. The second kappa shape index (κ2) is 6.58. The van der Waals surface area contributed by atoms with E-state index < -0.39 is 5.97 Å². The normalized spacial score (nSPS) is 21.0. The van der Waals surface area contributed by atoms with Crippen LogP contribution in [-0.4, -0.2) is 50.5 Å². The Morgan fingerprint density at radius 2 is 2.19 bits per heavy atom. The van der Waals surface area contributed by atoms with Crippen molar-refractivity contribution in [2.24, 2.45) is 10.5 Å². The van der Waals surface area contributed by atoms with Gasteiger partial charge in [0, 0.05) is 25.0 Å². The zero-order valence-electron chi connectivity index (χ0n) is 12.5.